The van der Waals surface area contributed by atoms with E-state index in [4.69, 9.17) is 5.73 Å². The van der Waals surface area contributed by atoms with Crippen LogP contribution in [-0.2, 0) is 17.8 Å². The van der Waals surface area contributed by atoms with Crippen LogP contribution in [-0.4, -0.2) is 33.5 Å². The minimum absolute atomic E-state index is 0.123. The minimum atomic E-state index is -4.30. The summed E-state index contributed by atoms with van der Waals surface area (Å²) in [5.74, 6) is 0.480. The third kappa shape index (κ3) is 4.52. The lowest BCUT2D eigenvalue weighted by Gasteiger charge is -2.08. The predicted octanol–water partition coefficient (Wildman–Crippen LogP) is 1.39. The van der Waals surface area contributed by atoms with E-state index < -0.39 is 12.8 Å². The number of aromatic nitrogens is 3. The normalized spacial score (nSPS) is 12.1. The SMILES string of the molecule is CCn1c(CN)nnc1SCOCC(F)(F)F. The highest BCUT2D eigenvalue weighted by Crippen LogP contribution is 2.19. The van der Waals surface area contributed by atoms with E-state index in [0.717, 1.165) is 11.8 Å². The molecule has 1 rings (SSSR count). The topological polar surface area (TPSA) is 66.0 Å². The maximum absolute atomic E-state index is 11.8. The summed E-state index contributed by atoms with van der Waals surface area (Å²) < 4.78 is 41.6. The van der Waals surface area contributed by atoms with Crippen molar-refractivity contribution < 1.29 is 17.9 Å². The fraction of sp³-hybridized carbons (Fsp3) is 0.750. The molecule has 0 unspecified atom stereocenters. The molecule has 17 heavy (non-hydrogen) atoms. The van der Waals surface area contributed by atoms with Crippen molar-refractivity contribution in [3.8, 4) is 0 Å². The van der Waals surface area contributed by atoms with Crippen LogP contribution in [0, 0.1) is 0 Å². The van der Waals surface area contributed by atoms with Gasteiger partial charge >= 0.3 is 6.18 Å². The number of hydrogen-bond acceptors (Lipinski definition) is 5. The number of nitrogens with two attached hydrogens (primary N) is 1. The van der Waals surface area contributed by atoms with E-state index in [0.29, 0.717) is 17.5 Å². The van der Waals surface area contributed by atoms with Gasteiger partial charge in [-0.25, -0.2) is 0 Å². The summed E-state index contributed by atoms with van der Waals surface area (Å²) in [5.41, 5.74) is 5.44. The average molecular weight is 270 g/mol. The van der Waals surface area contributed by atoms with Gasteiger partial charge in [0, 0.05) is 6.54 Å². The van der Waals surface area contributed by atoms with E-state index >= 15 is 0 Å². The van der Waals surface area contributed by atoms with Crippen LogP contribution in [0.5, 0.6) is 0 Å². The number of halogens is 3. The van der Waals surface area contributed by atoms with E-state index in [-0.39, 0.29) is 12.5 Å². The lowest BCUT2D eigenvalue weighted by atomic mass is 10.6. The van der Waals surface area contributed by atoms with Crippen LogP contribution < -0.4 is 5.73 Å². The molecule has 0 aliphatic carbocycles. The summed E-state index contributed by atoms with van der Waals surface area (Å²) in [6.07, 6.45) is -4.30. The molecule has 1 aromatic rings. The molecule has 9 heteroatoms. The molecule has 0 bridgehead atoms. The van der Waals surface area contributed by atoms with Gasteiger partial charge in [-0.2, -0.15) is 13.2 Å². The van der Waals surface area contributed by atoms with Crippen LogP contribution in [0.4, 0.5) is 13.2 Å². The van der Waals surface area contributed by atoms with Gasteiger partial charge in [0.15, 0.2) is 5.16 Å². The molecule has 0 spiro atoms. The summed E-state index contributed by atoms with van der Waals surface area (Å²) in [6.45, 7) is 1.47. The third-order valence-electron chi connectivity index (χ3n) is 1.83. The first-order valence-electron chi connectivity index (χ1n) is 4.87. The molecular weight excluding hydrogens is 257 g/mol. The molecule has 1 heterocycles. The van der Waals surface area contributed by atoms with Crippen molar-refractivity contribution in [1.82, 2.24) is 14.8 Å². The molecule has 0 amide bonds. The highest BCUT2D eigenvalue weighted by Gasteiger charge is 2.27. The van der Waals surface area contributed by atoms with Gasteiger partial charge in [0.05, 0.1) is 6.54 Å². The second-order valence-electron chi connectivity index (χ2n) is 3.07. The van der Waals surface area contributed by atoms with Gasteiger partial charge < -0.3 is 15.0 Å². The highest BCUT2D eigenvalue weighted by molar-refractivity contribution is 7.99. The Morgan fingerprint density at radius 1 is 1.41 bits per heavy atom. The Morgan fingerprint density at radius 3 is 2.65 bits per heavy atom. The van der Waals surface area contributed by atoms with E-state index in [2.05, 4.69) is 14.9 Å². The molecule has 1 aromatic heterocycles. The molecule has 0 aromatic carbocycles. The van der Waals surface area contributed by atoms with E-state index in [9.17, 15) is 13.2 Å². The molecule has 0 aliphatic rings. The molecular formula is C8H13F3N4OS. The van der Waals surface area contributed by atoms with Gasteiger partial charge in [-0.1, -0.05) is 11.8 Å². The number of nitrogens with zero attached hydrogens (tertiary/aromatic N) is 3. The predicted molar refractivity (Wildman–Crippen MR) is 56.3 cm³/mol. The Labute approximate surface area is 101 Å². The fourth-order valence-corrected chi connectivity index (χ4v) is 1.91. The summed E-state index contributed by atoms with van der Waals surface area (Å²) >= 11 is 1.06. The Hall–Kier alpha value is -0.800. The molecule has 0 atom stereocenters. The van der Waals surface area contributed by atoms with Gasteiger partial charge in [-0.3, -0.25) is 0 Å². The second kappa shape index (κ2) is 6.22. The zero-order valence-electron chi connectivity index (χ0n) is 9.20. The zero-order chi connectivity index (χ0) is 12.9. The quantitative estimate of drug-likeness (QED) is 0.480. The molecule has 2 N–H and O–H groups in total. The van der Waals surface area contributed by atoms with Crippen LogP contribution in [0.1, 0.15) is 12.7 Å². The molecule has 98 valence electrons. The first-order chi connectivity index (χ1) is 7.98. The minimum Gasteiger partial charge on any atom is -0.361 e. The van der Waals surface area contributed by atoms with Crippen molar-refractivity contribution in [2.75, 3.05) is 12.5 Å². The molecule has 0 saturated heterocycles. The number of alkyl halides is 3. The molecule has 5 nitrogen and oxygen atoms in total. The van der Waals surface area contributed by atoms with Crippen LogP contribution in [0.15, 0.2) is 5.16 Å². The third-order valence-corrected chi connectivity index (χ3v) is 2.67. The van der Waals surface area contributed by atoms with Gasteiger partial charge in [0.1, 0.15) is 18.4 Å². The number of ether oxygens (including phenoxy) is 1. The monoisotopic (exact) mass is 270 g/mol. The highest BCUT2D eigenvalue weighted by atomic mass is 32.2. The fourth-order valence-electron chi connectivity index (χ4n) is 1.15. The Kier molecular flexibility index (Phi) is 5.22. The van der Waals surface area contributed by atoms with E-state index in [1.807, 2.05) is 6.92 Å². The maximum atomic E-state index is 11.8. The summed E-state index contributed by atoms with van der Waals surface area (Å²) in [5, 5.41) is 8.16. The number of hydrogen-bond donors (Lipinski definition) is 1. The molecule has 0 saturated carbocycles. The van der Waals surface area contributed by atoms with Gasteiger partial charge in [0.2, 0.25) is 0 Å². The lowest BCUT2D eigenvalue weighted by Crippen LogP contribution is -2.16. The van der Waals surface area contributed by atoms with Crippen LogP contribution >= 0.6 is 11.8 Å². The summed E-state index contributed by atoms with van der Waals surface area (Å²) in [4.78, 5) is 0. The van der Waals surface area contributed by atoms with Crippen molar-refractivity contribution in [3.05, 3.63) is 5.82 Å². The average Bonchev–Trinajstić information content (AvgIpc) is 2.65. The Bertz CT molecular complexity index is 355. The van der Waals surface area contributed by atoms with Crippen molar-refractivity contribution in [2.24, 2.45) is 5.73 Å². The van der Waals surface area contributed by atoms with E-state index in [1.54, 1.807) is 4.57 Å². The van der Waals surface area contributed by atoms with Crippen LogP contribution in [0.3, 0.4) is 0 Å². The first-order valence-corrected chi connectivity index (χ1v) is 5.86. The molecule has 0 radical (unpaired) electrons. The van der Waals surface area contributed by atoms with Crippen molar-refractivity contribution in [1.29, 1.82) is 0 Å². The van der Waals surface area contributed by atoms with Crippen molar-refractivity contribution in [2.45, 2.75) is 31.3 Å². The number of thioether (sulfide) groups is 1. The number of rotatable bonds is 6. The molecule has 0 aliphatic heterocycles. The molecule has 0 fully saturated rings. The van der Waals surface area contributed by atoms with E-state index in [1.165, 1.54) is 0 Å². The first kappa shape index (κ1) is 14.3. The smallest absolute Gasteiger partial charge is 0.361 e. The summed E-state index contributed by atoms with van der Waals surface area (Å²) in [6, 6.07) is 0. The van der Waals surface area contributed by atoms with Crippen molar-refractivity contribution >= 4 is 11.8 Å². The summed E-state index contributed by atoms with van der Waals surface area (Å²) in [7, 11) is 0. The maximum Gasteiger partial charge on any atom is 0.411 e. The van der Waals surface area contributed by atoms with Gasteiger partial charge in [0.25, 0.3) is 0 Å². The lowest BCUT2D eigenvalue weighted by molar-refractivity contribution is -0.168. The van der Waals surface area contributed by atoms with Gasteiger partial charge in [-0.05, 0) is 6.92 Å². The standard InChI is InChI=1S/C8H13F3N4OS/c1-2-15-6(3-12)13-14-7(15)17-5-16-4-8(9,10)11/h2-5,12H2,1H3. The largest absolute Gasteiger partial charge is 0.411 e. The van der Waals surface area contributed by atoms with Crippen molar-refractivity contribution in [3.63, 3.8) is 0 Å². The van der Waals surface area contributed by atoms with Gasteiger partial charge in [-0.15, -0.1) is 10.2 Å². The second-order valence-corrected chi connectivity index (χ2v) is 3.96. The van der Waals surface area contributed by atoms with Crippen LogP contribution in [0.2, 0.25) is 0 Å². The Morgan fingerprint density at radius 2 is 2.12 bits per heavy atom. The van der Waals surface area contributed by atoms with Crippen LogP contribution in [0.25, 0.3) is 0 Å². The zero-order valence-corrected chi connectivity index (χ0v) is 10.0. The Balaban J connectivity index is 2.44.